The SMILES string of the molecule is O=c1cc(-c2ccc(C3CC(F)(c4ccnc(OC5CCC5)c4)C3)nc2)o[nH]1. The topological polar surface area (TPSA) is 81.0 Å². The minimum atomic E-state index is -1.38. The van der Waals surface area contributed by atoms with Gasteiger partial charge in [-0.15, -0.1) is 0 Å². The van der Waals surface area contributed by atoms with Crippen LogP contribution < -0.4 is 10.3 Å². The Bertz CT molecular complexity index is 1030. The predicted octanol–water partition coefficient (Wildman–Crippen LogP) is 4.10. The Labute approximate surface area is 160 Å². The molecule has 2 aliphatic carbocycles. The number of hydrogen-bond donors (Lipinski definition) is 1. The standard InChI is InChI=1S/C21H20FN3O3/c22-21(15-6-7-23-20(8-15)27-16-2-1-3-16)10-14(11-21)17-5-4-13(12-24-17)18-9-19(26)25-28-18/h4-9,12,14,16H,1-3,10-11H2,(H,25,26). The normalized spacial score (nSPS) is 24.4. The molecule has 0 saturated heterocycles. The summed E-state index contributed by atoms with van der Waals surface area (Å²) in [5.41, 5.74) is 0.505. The molecule has 0 aromatic carbocycles. The molecule has 1 N–H and O–H groups in total. The van der Waals surface area contributed by atoms with Crippen LogP contribution in [0.25, 0.3) is 11.3 Å². The second-order valence-electron chi connectivity index (χ2n) is 7.67. The fourth-order valence-corrected chi connectivity index (χ4v) is 3.80. The maximum Gasteiger partial charge on any atom is 0.280 e. The fraction of sp³-hybridized carbons (Fsp3) is 0.381. The van der Waals surface area contributed by atoms with E-state index >= 15 is 4.39 Å². The van der Waals surface area contributed by atoms with E-state index in [4.69, 9.17) is 9.26 Å². The van der Waals surface area contributed by atoms with Gasteiger partial charge >= 0.3 is 0 Å². The summed E-state index contributed by atoms with van der Waals surface area (Å²) in [6.45, 7) is 0. The number of aromatic nitrogens is 3. The summed E-state index contributed by atoms with van der Waals surface area (Å²) in [4.78, 5) is 19.8. The lowest BCUT2D eigenvalue weighted by molar-refractivity contribution is 0.0351. The zero-order valence-corrected chi connectivity index (χ0v) is 15.2. The van der Waals surface area contributed by atoms with Crippen LogP contribution in [0.4, 0.5) is 4.39 Å². The van der Waals surface area contributed by atoms with Gasteiger partial charge in [0.05, 0.1) is 6.07 Å². The van der Waals surface area contributed by atoms with E-state index in [0.29, 0.717) is 35.6 Å². The first kappa shape index (κ1) is 17.2. The Morgan fingerprint density at radius 2 is 2.04 bits per heavy atom. The summed E-state index contributed by atoms with van der Waals surface area (Å²) < 4.78 is 26.2. The van der Waals surface area contributed by atoms with Gasteiger partial charge in [-0.1, -0.05) is 0 Å². The molecule has 5 rings (SSSR count). The van der Waals surface area contributed by atoms with Gasteiger partial charge in [0.1, 0.15) is 11.8 Å². The molecular weight excluding hydrogens is 361 g/mol. The fourth-order valence-electron chi connectivity index (χ4n) is 3.80. The lowest BCUT2D eigenvalue weighted by Crippen LogP contribution is -2.36. The summed E-state index contributed by atoms with van der Waals surface area (Å²) in [5, 5.41) is 2.26. The third-order valence-corrected chi connectivity index (χ3v) is 5.74. The lowest BCUT2D eigenvalue weighted by atomic mass is 9.67. The highest BCUT2D eigenvalue weighted by molar-refractivity contribution is 5.55. The van der Waals surface area contributed by atoms with Crippen molar-refractivity contribution < 1.29 is 13.7 Å². The van der Waals surface area contributed by atoms with Crippen LogP contribution in [-0.2, 0) is 5.67 Å². The van der Waals surface area contributed by atoms with Gasteiger partial charge in [0.25, 0.3) is 5.56 Å². The average molecular weight is 381 g/mol. The van der Waals surface area contributed by atoms with Gasteiger partial charge in [0.2, 0.25) is 5.88 Å². The molecule has 3 aromatic heterocycles. The van der Waals surface area contributed by atoms with Crippen LogP contribution >= 0.6 is 0 Å². The molecule has 6 nitrogen and oxygen atoms in total. The molecule has 28 heavy (non-hydrogen) atoms. The first-order chi connectivity index (χ1) is 13.6. The van der Waals surface area contributed by atoms with Gasteiger partial charge in [-0.3, -0.25) is 9.78 Å². The van der Waals surface area contributed by atoms with E-state index < -0.39 is 5.67 Å². The van der Waals surface area contributed by atoms with Gasteiger partial charge in [-0.25, -0.2) is 9.37 Å². The van der Waals surface area contributed by atoms with Crippen molar-refractivity contribution in [2.24, 2.45) is 0 Å². The molecule has 0 aliphatic heterocycles. The van der Waals surface area contributed by atoms with Crippen molar-refractivity contribution in [1.29, 1.82) is 0 Å². The molecule has 0 atom stereocenters. The third-order valence-electron chi connectivity index (χ3n) is 5.74. The van der Waals surface area contributed by atoms with Gasteiger partial charge in [0, 0.05) is 35.6 Å². The Morgan fingerprint density at radius 1 is 1.18 bits per heavy atom. The number of H-pyrrole nitrogens is 1. The molecule has 3 heterocycles. The summed E-state index contributed by atoms with van der Waals surface area (Å²) in [7, 11) is 0. The van der Waals surface area contributed by atoms with Gasteiger partial charge in [-0.05, 0) is 55.9 Å². The van der Waals surface area contributed by atoms with Crippen molar-refractivity contribution in [3.05, 3.63) is 64.3 Å². The monoisotopic (exact) mass is 381 g/mol. The number of nitrogens with one attached hydrogen (secondary N) is 1. The minimum Gasteiger partial charge on any atom is -0.474 e. The molecule has 2 saturated carbocycles. The maximum atomic E-state index is 15.4. The lowest BCUT2D eigenvalue weighted by Gasteiger charge is -2.41. The molecule has 0 spiro atoms. The smallest absolute Gasteiger partial charge is 0.280 e. The zero-order chi connectivity index (χ0) is 19.1. The van der Waals surface area contributed by atoms with Crippen molar-refractivity contribution in [2.45, 2.75) is 49.8 Å². The van der Waals surface area contributed by atoms with E-state index in [2.05, 4.69) is 15.1 Å². The van der Waals surface area contributed by atoms with Gasteiger partial charge in [0.15, 0.2) is 5.76 Å². The molecule has 3 aromatic rings. The molecule has 0 unspecified atom stereocenters. The van der Waals surface area contributed by atoms with Gasteiger partial charge in [-0.2, -0.15) is 5.16 Å². The number of rotatable bonds is 5. The number of ether oxygens (including phenoxy) is 1. The third kappa shape index (κ3) is 3.10. The Balaban J connectivity index is 1.27. The van der Waals surface area contributed by atoms with Crippen LogP contribution in [0.1, 0.15) is 49.3 Å². The molecule has 7 heteroatoms. The molecule has 144 valence electrons. The molecule has 0 radical (unpaired) electrons. The Morgan fingerprint density at radius 3 is 2.68 bits per heavy atom. The van der Waals surface area contributed by atoms with E-state index in [1.54, 1.807) is 24.5 Å². The maximum absolute atomic E-state index is 15.4. The van der Waals surface area contributed by atoms with Crippen molar-refractivity contribution >= 4 is 0 Å². The van der Waals surface area contributed by atoms with E-state index in [9.17, 15) is 4.79 Å². The molecule has 0 bridgehead atoms. The number of alkyl halides is 1. The van der Waals surface area contributed by atoms with Crippen molar-refractivity contribution in [3.8, 4) is 17.2 Å². The quantitative estimate of drug-likeness (QED) is 0.720. The van der Waals surface area contributed by atoms with Crippen LogP contribution in [0.2, 0.25) is 0 Å². The van der Waals surface area contributed by atoms with Crippen LogP contribution in [0.15, 0.2) is 52.0 Å². The van der Waals surface area contributed by atoms with Crippen LogP contribution in [0.5, 0.6) is 5.88 Å². The largest absolute Gasteiger partial charge is 0.474 e. The predicted molar refractivity (Wildman–Crippen MR) is 99.8 cm³/mol. The second kappa shape index (κ2) is 6.58. The number of hydrogen-bond acceptors (Lipinski definition) is 5. The molecule has 0 amide bonds. The van der Waals surface area contributed by atoms with E-state index in [1.165, 1.54) is 12.5 Å². The number of halogens is 1. The van der Waals surface area contributed by atoms with E-state index in [0.717, 1.165) is 18.5 Å². The Hall–Kier alpha value is -2.96. The summed E-state index contributed by atoms with van der Waals surface area (Å²) in [6, 6.07) is 8.54. The molecule has 2 fully saturated rings. The highest BCUT2D eigenvalue weighted by Gasteiger charge is 2.47. The van der Waals surface area contributed by atoms with E-state index in [1.807, 2.05) is 12.1 Å². The Kier molecular flexibility index (Phi) is 4.03. The van der Waals surface area contributed by atoms with Crippen molar-refractivity contribution in [2.75, 3.05) is 0 Å². The van der Waals surface area contributed by atoms with Crippen LogP contribution in [0.3, 0.4) is 0 Å². The van der Waals surface area contributed by atoms with Crippen LogP contribution in [-0.4, -0.2) is 21.2 Å². The van der Waals surface area contributed by atoms with Gasteiger partial charge < -0.3 is 9.26 Å². The minimum absolute atomic E-state index is 0.0569. The van der Waals surface area contributed by atoms with Crippen molar-refractivity contribution in [1.82, 2.24) is 15.1 Å². The number of nitrogens with zero attached hydrogens (tertiary/aromatic N) is 2. The first-order valence-corrected chi connectivity index (χ1v) is 9.56. The first-order valence-electron chi connectivity index (χ1n) is 9.56. The van der Waals surface area contributed by atoms with E-state index in [-0.39, 0.29) is 17.6 Å². The zero-order valence-electron chi connectivity index (χ0n) is 15.2. The number of pyridine rings is 2. The van der Waals surface area contributed by atoms with Crippen molar-refractivity contribution in [3.63, 3.8) is 0 Å². The number of aromatic amines is 1. The highest BCUT2D eigenvalue weighted by Crippen LogP contribution is 2.53. The second-order valence-corrected chi connectivity index (χ2v) is 7.67. The summed E-state index contributed by atoms with van der Waals surface area (Å²) in [6.07, 6.45) is 7.52. The average Bonchev–Trinajstić information content (AvgIpc) is 3.09. The highest BCUT2D eigenvalue weighted by atomic mass is 19.1. The molecule has 2 aliphatic rings. The summed E-state index contributed by atoms with van der Waals surface area (Å²) >= 11 is 0. The van der Waals surface area contributed by atoms with Crippen LogP contribution in [0, 0.1) is 0 Å². The molecular formula is C21H20FN3O3. The summed E-state index contributed by atoms with van der Waals surface area (Å²) in [5.74, 6) is 1.01.